The van der Waals surface area contributed by atoms with Gasteiger partial charge in [0.25, 0.3) is 5.91 Å². The van der Waals surface area contributed by atoms with Gasteiger partial charge < -0.3 is 10.4 Å². The minimum atomic E-state index is -4.06. The second kappa shape index (κ2) is 12.1. The second-order valence-electron chi connectivity index (χ2n) is 8.36. The van der Waals surface area contributed by atoms with E-state index < -0.39 is 24.7 Å². The van der Waals surface area contributed by atoms with Gasteiger partial charge in [0.1, 0.15) is 5.60 Å². The molecule has 0 saturated heterocycles. The van der Waals surface area contributed by atoms with Gasteiger partial charge in [0.15, 0.2) is 0 Å². The maximum Gasteiger partial charge on any atom is 0.475 e. The summed E-state index contributed by atoms with van der Waals surface area (Å²) in [5.74, 6) is -0.656. The van der Waals surface area contributed by atoms with E-state index in [0.717, 1.165) is 11.1 Å². The fourth-order valence-electron chi connectivity index (χ4n) is 2.66. The van der Waals surface area contributed by atoms with Crippen molar-refractivity contribution < 1.29 is 28.0 Å². The molecular weight excluding hydrogens is 443 g/mol. The van der Waals surface area contributed by atoms with Crippen molar-refractivity contribution >= 4 is 13.7 Å². The van der Waals surface area contributed by atoms with Crippen molar-refractivity contribution in [2.75, 3.05) is 13.2 Å². The largest absolute Gasteiger partial charge is 0.475 e. The van der Waals surface area contributed by atoms with Crippen molar-refractivity contribution in [2.45, 2.75) is 46.0 Å². The molecule has 0 radical (unpaired) electrons. The number of phosphoric acid groups is 1. The Morgan fingerprint density at radius 2 is 1.45 bits per heavy atom. The second-order valence-corrected chi connectivity index (χ2v) is 10.0. The average molecular weight is 474 g/mol. The highest BCUT2D eigenvalue weighted by atomic mass is 31.2. The van der Waals surface area contributed by atoms with Gasteiger partial charge in [0, 0.05) is 12.0 Å². The number of aliphatic hydroxyl groups is 1. The van der Waals surface area contributed by atoms with Crippen molar-refractivity contribution in [1.29, 1.82) is 5.26 Å². The highest BCUT2D eigenvalue weighted by Gasteiger charge is 2.47. The van der Waals surface area contributed by atoms with Crippen molar-refractivity contribution in [1.82, 2.24) is 5.32 Å². The molecule has 2 N–H and O–H groups in total. The molecule has 33 heavy (non-hydrogen) atoms. The fourth-order valence-corrected chi connectivity index (χ4v) is 3.98. The van der Waals surface area contributed by atoms with Crippen LogP contribution in [0.15, 0.2) is 60.7 Å². The summed E-state index contributed by atoms with van der Waals surface area (Å²) in [4.78, 5) is 12.5. The summed E-state index contributed by atoms with van der Waals surface area (Å²) in [6, 6.07) is 20.3. The zero-order valence-corrected chi connectivity index (χ0v) is 20.1. The number of benzene rings is 2. The molecule has 0 spiro atoms. The number of hydrogen-bond donors (Lipinski definition) is 2. The third kappa shape index (κ3) is 8.08. The van der Waals surface area contributed by atoms with Crippen LogP contribution in [0.1, 0.15) is 38.3 Å². The first-order chi connectivity index (χ1) is 15.6. The summed E-state index contributed by atoms with van der Waals surface area (Å²) in [6.45, 7) is 4.38. The number of carbonyl (C=O) groups is 1. The Morgan fingerprint density at radius 1 is 0.970 bits per heavy atom. The monoisotopic (exact) mass is 474 g/mol. The first-order valence-corrected chi connectivity index (χ1v) is 12.0. The molecule has 8 nitrogen and oxygen atoms in total. The summed E-state index contributed by atoms with van der Waals surface area (Å²) in [5, 5.41) is 22.0. The maximum atomic E-state index is 13.4. The molecule has 1 amide bonds. The van der Waals surface area contributed by atoms with E-state index in [1.54, 1.807) is 13.8 Å². The number of nitriles is 1. The predicted molar refractivity (Wildman–Crippen MR) is 124 cm³/mol. The number of hydrogen-bond acceptors (Lipinski definition) is 7. The van der Waals surface area contributed by atoms with Crippen LogP contribution < -0.4 is 5.32 Å². The molecule has 0 fully saturated rings. The maximum absolute atomic E-state index is 13.4. The predicted octanol–water partition coefficient (Wildman–Crippen LogP) is 4.35. The Bertz CT molecular complexity index is 926. The van der Waals surface area contributed by atoms with E-state index in [1.807, 2.05) is 66.7 Å². The Kier molecular flexibility index (Phi) is 9.78. The third-order valence-corrected chi connectivity index (χ3v) is 6.67. The Labute approximate surface area is 195 Å². The van der Waals surface area contributed by atoms with Crippen LogP contribution in [0.3, 0.4) is 0 Å². The molecule has 0 aliphatic heterocycles. The Balaban J connectivity index is 2.10. The molecule has 2 aromatic rings. The van der Waals surface area contributed by atoms with Crippen molar-refractivity contribution in [3.05, 3.63) is 71.8 Å². The normalized spacial score (nSPS) is 13.7. The lowest BCUT2D eigenvalue weighted by Gasteiger charge is -2.38. The van der Waals surface area contributed by atoms with E-state index in [-0.39, 0.29) is 32.8 Å². The SMILES string of the molecule is CC(C)(COP(=O)(OCc1ccccc1)OCc1ccccc1)C(C)(O)C(=O)NCCC#N. The molecule has 9 heteroatoms. The van der Waals surface area contributed by atoms with Gasteiger partial charge in [0.05, 0.1) is 32.3 Å². The highest BCUT2D eigenvalue weighted by Crippen LogP contribution is 2.52. The van der Waals surface area contributed by atoms with E-state index in [9.17, 15) is 14.5 Å². The van der Waals surface area contributed by atoms with Crippen LogP contribution in [0, 0.1) is 16.7 Å². The van der Waals surface area contributed by atoms with Crippen LogP contribution in [0.25, 0.3) is 0 Å². The molecule has 2 rings (SSSR count). The lowest BCUT2D eigenvalue weighted by Crippen LogP contribution is -2.56. The van der Waals surface area contributed by atoms with Gasteiger partial charge in [-0.25, -0.2) is 4.57 Å². The van der Waals surface area contributed by atoms with Gasteiger partial charge in [-0.05, 0) is 18.1 Å². The lowest BCUT2D eigenvalue weighted by molar-refractivity contribution is -0.154. The minimum Gasteiger partial charge on any atom is -0.380 e. The first kappa shape index (κ1) is 26.7. The molecule has 1 unspecified atom stereocenters. The summed E-state index contributed by atoms with van der Waals surface area (Å²) in [5.41, 5.74) is -1.46. The van der Waals surface area contributed by atoms with E-state index in [2.05, 4.69) is 5.32 Å². The smallest absolute Gasteiger partial charge is 0.380 e. The van der Waals surface area contributed by atoms with Gasteiger partial charge in [-0.15, -0.1) is 0 Å². The number of rotatable bonds is 13. The summed E-state index contributed by atoms with van der Waals surface area (Å²) in [6.07, 6.45) is 0.120. The summed E-state index contributed by atoms with van der Waals surface area (Å²) >= 11 is 0. The van der Waals surface area contributed by atoms with Crippen molar-refractivity contribution in [3.63, 3.8) is 0 Å². The van der Waals surface area contributed by atoms with E-state index in [4.69, 9.17) is 18.8 Å². The zero-order chi connectivity index (χ0) is 24.4. The van der Waals surface area contributed by atoms with Crippen LogP contribution in [-0.4, -0.2) is 29.8 Å². The molecule has 1 atom stereocenters. The molecule has 0 heterocycles. The van der Waals surface area contributed by atoms with Gasteiger partial charge in [0.2, 0.25) is 0 Å². The quantitative estimate of drug-likeness (QED) is 0.327. The molecule has 0 bridgehead atoms. The summed E-state index contributed by atoms with van der Waals surface area (Å²) < 4.78 is 30.2. The molecule has 2 aromatic carbocycles. The number of nitrogens with one attached hydrogen (secondary N) is 1. The number of amides is 1. The molecular formula is C24H31N2O6P. The average Bonchev–Trinajstić information content (AvgIpc) is 2.82. The molecule has 0 aliphatic carbocycles. The van der Waals surface area contributed by atoms with E-state index in [0.29, 0.717) is 0 Å². The summed E-state index contributed by atoms with van der Waals surface area (Å²) in [7, 11) is -4.06. The molecule has 0 saturated carbocycles. The van der Waals surface area contributed by atoms with Crippen LogP contribution in [0.4, 0.5) is 0 Å². The number of phosphoric ester groups is 1. The first-order valence-electron chi connectivity index (χ1n) is 10.6. The highest BCUT2D eigenvalue weighted by molar-refractivity contribution is 7.48. The van der Waals surface area contributed by atoms with E-state index in [1.165, 1.54) is 6.92 Å². The van der Waals surface area contributed by atoms with Gasteiger partial charge in [-0.1, -0.05) is 74.5 Å². The van der Waals surface area contributed by atoms with Gasteiger partial charge in [-0.2, -0.15) is 5.26 Å². The number of carbonyl (C=O) groups excluding carboxylic acids is 1. The van der Waals surface area contributed by atoms with Crippen molar-refractivity contribution in [3.8, 4) is 6.07 Å². The topological polar surface area (TPSA) is 118 Å². The zero-order valence-electron chi connectivity index (χ0n) is 19.2. The fraction of sp³-hybridized carbons (Fsp3) is 0.417. The van der Waals surface area contributed by atoms with Crippen LogP contribution in [0.2, 0.25) is 0 Å². The van der Waals surface area contributed by atoms with Crippen LogP contribution in [-0.2, 0) is 36.1 Å². The third-order valence-electron chi connectivity index (χ3n) is 5.33. The van der Waals surface area contributed by atoms with Crippen LogP contribution in [0.5, 0.6) is 0 Å². The number of nitrogens with zero attached hydrogens (tertiary/aromatic N) is 1. The van der Waals surface area contributed by atoms with Gasteiger partial charge >= 0.3 is 7.82 Å². The molecule has 178 valence electrons. The standard InChI is InChI=1S/C24H31N2O6P/c1-23(2,24(3,28)22(27)26-16-10-15-25)19-32-33(29,30-17-20-11-6-4-7-12-20)31-18-21-13-8-5-9-14-21/h4-9,11-14,28H,10,16-19H2,1-3H3,(H,26,27). The molecule has 0 aliphatic rings. The van der Waals surface area contributed by atoms with E-state index >= 15 is 0 Å². The Morgan fingerprint density at radius 3 is 1.91 bits per heavy atom. The molecule has 0 aromatic heterocycles. The van der Waals surface area contributed by atoms with Crippen LogP contribution >= 0.6 is 7.82 Å². The Hall–Kier alpha value is -2.53. The van der Waals surface area contributed by atoms with Gasteiger partial charge in [-0.3, -0.25) is 18.4 Å². The lowest BCUT2D eigenvalue weighted by atomic mass is 9.76. The van der Waals surface area contributed by atoms with Crippen molar-refractivity contribution in [2.24, 2.45) is 5.41 Å². The minimum absolute atomic E-state index is 0.00161.